The van der Waals surface area contributed by atoms with Crippen LogP contribution in [0.15, 0.2) is 109 Å². The number of nitrogens with zero attached hydrogens (tertiary/aromatic N) is 2. The molecule has 1 amide bonds. The Bertz CT molecular complexity index is 1310. The van der Waals surface area contributed by atoms with Gasteiger partial charge >= 0.3 is 13.9 Å². The topological polar surface area (TPSA) is 96.4 Å². The number of benzene rings is 3. The maximum atomic E-state index is 13.9. The SMILES string of the molecule is O=C(Oc1ccccc1)N1c2ncccc2OCC1OP(=O)(Oc1ccccc1)Oc1ccccc1. The summed E-state index contributed by atoms with van der Waals surface area (Å²) >= 11 is 0. The van der Waals surface area contributed by atoms with Crippen molar-refractivity contribution < 1.29 is 32.4 Å². The fraction of sp³-hybridized carbons (Fsp3) is 0.0769. The second-order valence-corrected chi connectivity index (χ2v) is 8.97. The van der Waals surface area contributed by atoms with Gasteiger partial charge in [0, 0.05) is 6.20 Å². The highest BCUT2D eigenvalue weighted by molar-refractivity contribution is 7.49. The zero-order chi connectivity index (χ0) is 24.8. The number of carbonyl (C=O) groups is 1. The molecule has 2 heterocycles. The fourth-order valence-corrected chi connectivity index (χ4v) is 4.74. The quantitative estimate of drug-likeness (QED) is 0.279. The first kappa shape index (κ1) is 23.4. The minimum atomic E-state index is -4.36. The van der Waals surface area contributed by atoms with E-state index >= 15 is 0 Å². The van der Waals surface area contributed by atoms with E-state index in [1.165, 1.54) is 6.20 Å². The van der Waals surface area contributed by atoms with Crippen molar-refractivity contribution in [3.8, 4) is 23.0 Å². The Hall–Kier alpha value is -4.33. The summed E-state index contributed by atoms with van der Waals surface area (Å²) in [5.74, 6) is 1.30. The number of aromatic nitrogens is 1. The average molecular weight is 504 g/mol. The second-order valence-electron chi connectivity index (χ2n) is 7.50. The number of carbonyl (C=O) groups excluding carboxylic acids is 1. The maximum absolute atomic E-state index is 13.9. The number of hydrogen-bond acceptors (Lipinski definition) is 8. The van der Waals surface area contributed by atoms with Crippen molar-refractivity contribution in [2.24, 2.45) is 0 Å². The van der Waals surface area contributed by atoms with E-state index < -0.39 is 20.1 Å². The summed E-state index contributed by atoms with van der Waals surface area (Å²) in [6.45, 7) is -0.178. The Balaban J connectivity index is 1.47. The Morgan fingerprint density at radius 1 is 0.806 bits per heavy atom. The van der Waals surface area contributed by atoms with Gasteiger partial charge in [-0.2, -0.15) is 0 Å². The molecule has 1 aromatic heterocycles. The molecular formula is C26H21N2O7P. The smallest absolute Gasteiger partial charge is 0.485 e. The van der Waals surface area contributed by atoms with Crippen molar-refractivity contribution in [2.75, 3.05) is 11.5 Å². The highest BCUT2D eigenvalue weighted by atomic mass is 31.2. The molecule has 0 aliphatic carbocycles. The monoisotopic (exact) mass is 504 g/mol. The lowest BCUT2D eigenvalue weighted by Gasteiger charge is -2.35. The Kier molecular flexibility index (Phi) is 6.84. The van der Waals surface area contributed by atoms with Gasteiger partial charge in [-0.3, -0.25) is 0 Å². The lowest BCUT2D eigenvalue weighted by Crippen LogP contribution is -2.50. The maximum Gasteiger partial charge on any atom is 0.589 e. The molecule has 1 aliphatic rings. The van der Waals surface area contributed by atoms with Crippen molar-refractivity contribution in [1.29, 1.82) is 0 Å². The number of para-hydroxylation sites is 3. The van der Waals surface area contributed by atoms with Gasteiger partial charge in [0.25, 0.3) is 0 Å². The van der Waals surface area contributed by atoms with Gasteiger partial charge in [0.1, 0.15) is 23.9 Å². The molecule has 182 valence electrons. The van der Waals surface area contributed by atoms with E-state index in [0.717, 1.165) is 4.90 Å². The number of pyridine rings is 1. The minimum Gasteiger partial charge on any atom is -0.485 e. The standard InChI is InChI=1S/C26H21N2O7P/c29-26(32-20-11-4-1-5-12-20)28-24(19-31-23-17-10-18-27-25(23)28)35-36(30,33-21-13-6-2-7-14-21)34-22-15-8-3-9-16-22/h1-18,24H,19H2. The van der Waals surface area contributed by atoms with Crippen LogP contribution in [0.5, 0.6) is 23.0 Å². The molecular weight excluding hydrogens is 483 g/mol. The molecule has 1 atom stereocenters. The first-order chi connectivity index (χ1) is 17.6. The molecule has 5 rings (SSSR count). The van der Waals surface area contributed by atoms with Gasteiger partial charge in [-0.25, -0.2) is 23.8 Å². The molecule has 36 heavy (non-hydrogen) atoms. The molecule has 1 unspecified atom stereocenters. The summed E-state index contributed by atoms with van der Waals surface area (Å²) in [6, 6.07) is 28.7. The molecule has 0 bridgehead atoms. The zero-order valence-electron chi connectivity index (χ0n) is 18.9. The summed E-state index contributed by atoms with van der Waals surface area (Å²) in [4.78, 5) is 18.7. The summed E-state index contributed by atoms with van der Waals surface area (Å²) in [7, 11) is -4.36. The number of phosphoric acid groups is 1. The Morgan fingerprint density at radius 3 is 1.94 bits per heavy atom. The van der Waals surface area contributed by atoms with Gasteiger partial charge in [-0.05, 0) is 48.5 Å². The normalized spacial score (nSPS) is 14.8. The van der Waals surface area contributed by atoms with Gasteiger partial charge < -0.3 is 18.5 Å². The zero-order valence-corrected chi connectivity index (χ0v) is 19.8. The van der Waals surface area contributed by atoms with E-state index in [9.17, 15) is 9.36 Å². The van der Waals surface area contributed by atoms with E-state index in [1.807, 2.05) is 0 Å². The number of anilines is 1. The number of amides is 1. The molecule has 0 N–H and O–H groups in total. The molecule has 0 spiro atoms. The van der Waals surface area contributed by atoms with Crippen LogP contribution in [-0.4, -0.2) is 23.9 Å². The van der Waals surface area contributed by atoms with E-state index in [-0.39, 0.29) is 23.9 Å². The van der Waals surface area contributed by atoms with Crippen LogP contribution in [0.25, 0.3) is 0 Å². The van der Waals surface area contributed by atoms with Crippen molar-refractivity contribution in [3.63, 3.8) is 0 Å². The predicted octanol–water partition coefficient (Wildman–Crippen LogP) is 6.09. The van der Waals surface area contributed by atoms with Gasteiger partial charge in [-0.15, -0.1) is 0 Å². The van der Waals surface area contributed by atoms with Crippen LogP contribution in [0.3, 0.4) is 0 Å². The van der Waals surface area contributed by atoms with Crippen LogP contribution in [0.4, 0.5) is 10.6 Å². The second kappa shape index (κ2) is 10.5. The predicted molar refractivity (Wildman–Crippen MR) is 131 cm³/mol. The molecule has 10 heteroatoms. The van der Waals surface area contributed by atoms with Crippen LogP contribution in [0.1, 0.15) is 0 Å². The molecule has 1 aliphatic heterocycles. The lowest BCUT2D eigenvalue weighted by molar-refractivity contribution is 0.0803. The van der Waals surface area contributed by atoms with Crippen LogP contribution >= 0.6 is 7.82 Å². The van der Waals surface area contributed by atoms with Crippen molar-refractivity contribution >= 4 is 19.7 Å². The van der Waals surface area contributed by atoms with Crippen LogP contribution in [0.2, 0.25) is 0 Å². The number of hydrogen-bond donors (Lipinski definition) is 0. The third-order valence-corrected chi connectivity index (χ3v) is 6.34. The Labute approximate surface area is 207 Å². The van der Waals surface area contributed by atoms with E-state index in [2.05, 4.69) is 4.98 Å². The van der Waals surface area contributed by atoms with Crippen molar-refractivity contribution in [3.05, 3.63) is 109 Å². The molecule has 4 aromatic rings. The Morgan fingerprint density at radius 2 is 1.36 bits per heavy atom. The summed E-state index contributed by atoms with van der Waals surface area (Å²) in [5, 5.41) is 0. The van der Waals surface area contributed by atoms with Gasteiger partial charge in [0.05, 0.1) is 0 Å². The summed E-state index contributed by atoms with van der Waals surface area (Å²) in [5.41, 5.74) is 0. The number of fused-ring (bicyclic) bond motifs is 1. The van der Waals surface area contributed by atoms with E-state index in [0.29, 0.717) is 11.5 Å². The summed E-state index contributed by atoms with van der Waals surface area (Å²) in [6.07, 6.45) is -0.559. The van der Waals surface area contributed by atoms with E-state index in [1.54, 1.807) is 103 Å². The first-order valence-electron chi connectivity index (χ1n) is 11.0. The number of ether oxygens (including phenoxy) is 2. The van der Waals surface area contributed by atoms with Crippen molar-refractivity contribution in [2.45, 2.75) is 6.23 Å². The largest absolute Gasteiger partial charge is 0.589 e. The molecule has 0 saturated heterocycles. The third-order valence-electron chi connectivity index (χ3n) is 4.97. The summed E-state index contributed by atoms with van der Waals surface area (Å²) < 4.78 is 42.5. The van der Waals surface area contributed by atoms with Crippen molar-refractivity contribution in [1.82, 2.24) is 4.98 Å². The highest BCUT2D eigenvalue weighted by Gasteiger charge is 2.43. The average Bonchev–Trinajstić information content (AvgIpc) is 2.90. The van der Waals surface area contributed by atoms with Crippen LogP contribution in [0, 0.1) is 0 Å². The first-order valence-corrected chi connectivity index (χ1v) is 12.5. The number of rotatable bonds is 7. The molecule has 0 fully saturated rings. The van der Waals surface area contributed by atoms with Gasteiger partial charge in [-0.1, -0.05) is 54.6 Å². The van der Waals surface area contributed by atoms with Crippen LogP contribution < -0.4 is 23.4 Å². The molecule has 9 nitrogen and oxygen atoms in total. The number of phosphoric ester groups is 1. The van der Waals surface area contributed by atoms with E-state index in [4.69, 9.17) is 23.0 Å². The highest BCUT2D eigenvalue weighted by Crippen LogP contribution is 2.52. The molecule has 0 radical (unpaired) electrons. The lowest BCUT2D eigenvalue weighted by atomic mass is 10.3. The van der Waals surface area contributed by atoms with Gasteiger partial charge in [0.15, 0.2) is 17.8 Å². The van der Waals surface area contributed by atoms with Gasteiger partial charge in [0.2, 0.25) is 0 Å². The third kappa shape index (κ3) is 5.49. The van der Waals surface area contributed by atoms with Crippen LogP contribution in [-0.2, 0) is 9.09 Å². The molecule has 0 saturated carbocycles. The minimum absolute atomic E-state index is 0.139. The fourth-order valence-electron chi connectivity index (χ4n) is 3.40. The molecule has 3 aromatic carbocycles.